The summed E-state index contributed by atoms with van der Waals surface area (Å²) in [7, 11) is 0. The highest BCUT2D eigenvalue weighted by Crippen LogP contribution is 2.30. The summed E-state index contributed by atoms with van der Waals surface area (Å²) < 4.78 is 5.72. The lowest BCUT2D eigenvalue weighted by Crippen LogP contribution is -2.21. The van der Waals surface area contributed by atoms with E-state index in [-0.39, 0.29) is 5.54 Å². The van der Waals surface area contributed by atoms with Gasteiger partial charge in [0.15, 0.2) is 0 Å². The lowest BCUT2D eigenvalue weighted by molar-refractivity contribution is 0.266. The molecule has 1 aromatic carbocycles. The highest BCUT2D eigenvalue weighted by atomic mass is 16.5. The predicted octanol–water partition coefficient (Wildman–Crippen LogP) is 2.77. The van der Waals surface area contributed by atoms with E-state index in [1.165, 1.54) is 0 Å². The SMILES string of the molecule is CC1(c2ccccn2)COC(c2ccccc2)=N1. The third-order valence-electron chi connectivity index (χ3n) is 3.08. The van der Waals surface area contributed by atoms with Crippen molar-refractivity contribution >= 4 is 5.90 Å². The molecule has 1 atom stereocenters. The quantitative estimate of drug-likeness (QED) is 0.806. The number of benzene rings is 1. The van der Waals surface area contributed by atoms with E-state index in [1.807, 2.05) is 55.5 Å². The van der Waals surface area contributed by atoms with Crippen LogP contribution in [0.1, 0.15) is 18.2 Å². The molecule has 0 spiro atoms. The fourth-order valence-corrected chi connectivity index (χ4v) is 2.04. The van der Waals surface area contributed by atoms with Crippen LogP contribution in [-0.2, 0) is 10.3 Å². The Bertz CT molecular complexity index is 566. The van der Waals surface area contributed by atoms with Gasteiger partial charge in [-0.05, 0) is 31.2 Å². The fraction of sp³-hybridized carbons (Fsp3) is 0.200. The van der Waals surface area contributed by atoms with Crippen LogP contribution in [0.2, 0.25) is 0 Å². The van der Waals surface area contributed by atoms with E-state index in [9.17, 15) is 0 Å². The first-order chi connectivity index (χ1) is 8.78. The molecule has 2 aromatic rings. The molecule has 3 nitrogen and oxygen atoms in total. The number of rotatable bonds is 2. The van der Waals surface area contributed by atoms with Gasteiger partial charge in [0.2, 0.25) is 5.90 Å². The minimum atomic E-state index is -0.383. The van der Waals surface area contributed by atoms with Crippen molar-refractivity contribution in [3.8, 4) is 0 Å². The molecule has 0 aliphatic carbocycles. The van der Waals surface area contributed by atoms with Crippen molar-refractivity contribution in [2.75, 3.05) is 6.61 Å². The van der Waals surface area contributed by atoms with E-state index in [2.05, 4.69) is 4.98 Å². The number of nitrogens with zero attached hydrogens (tertiary/aromatic N) is 2. The van der Waals surface area contributed by atoms with E-state index in [4.69, 9.17) is 9.73 Å². The lowest BCUT2D eigenvalue weighted by Gasteiger charge is -2.16. The molecule has 2 heterocycles. The molecule has 0 fully saturated rings. The minimum absolute atomic E-state index is 0.383. The summed E-state index contributed by atoms with van der Waals surface area (Å²) in [5.74, 6) is 0.698. The maximum Gasteiger partial charge on any atom is 0.217 e. The molecule has 1 aliphatic rings. The van der Waals surface area contributed by atoms with Gasteiger partial charge in [-0.3, -0.25) is 4.98 Å². The zero-order chi connectivity index (χ0) is 12.4. The van der Waals surface area contributed by atoms with Crippen LogP contribution in [0.4, 0.5) is 0 Å². The van der Waals surface area contributed by atoms with Gasteiger partial charge in [-0.25, -0.2) is 4.99 Å². The summed E-state index contributed by atoms with van der Waals surface area (Å²) in [5.41, 5.74) is 1.57. The standard InChI is InChI=1S/C15H14N2O/c1-15(13-9-5-6-10-16-13)11-18-14(17-15)12-7-3-2-4-8-12/h2-10H,11H2,1H3. The van der Waals surface area contributed by atoms with E-state index in [0.29, 0.717) is 12.5 Å². The molecule has 90 valence electrons. The highest BCUT2D eigenvalue weighted by molar-refractivity contribution is 5.95. The Balaban J connectivity index is 1.96. The Hall–Kier alpha value is -2.16. The summed E-state index contributed by atoms with van der Waals surface area (Å²) in [4.78, 5) is 9.07. The zero-order valence-electron chi connectivity index (χ0n) is 10.2. The normalized spacial score (nSPS) is 22.4. The molecule has 3 rings (SSSR count). The summed E-state index contributed by atoms with van der Waals surface area (Å²) in [5, 5.41) is 0. The number of pyridine rings is 1. The van der Waals surface area contributed by atoms with Crippen LogP contribution in [0, 0.1) is 0 Å². The Labute approximate surface area is 106 Å². The van der Waals surface area contributed by atoms with Crippen molar-refractivity contribution in [2.24, 2.45) is 4.99 Å². The van der Waals surface area contributed by atoms with Gasteiger partial charge < -0.3 is 4.74 Å². The molecule has 0 saturated carbocycles. The maximum absolute atomic E-state index is 5.72. The van der Waals surface area contributed by atoms with Crippen LogP contribution in [-0.4, -0.2) is 17.5 Å². The Morgan fingerprint density at radius 1 is 1.06 bits per heavy atom. The molecular weight excluding hydrogens is 224 g/mol. The number of aliphatic imine (C=N–C) groups is 1. The van der Waals surface area contributed by atoms with Gasteiger partial charge in [0, 0.05) is 11.8 Å². The number of hydrogen-bond donors (Lipinski definition) is 0. The van der Waals surface area contributed by atoms with Crippen LogP contribution < -0.4 is 0 Å². The molecule has 1 unspecified atom stereocenters. The fourth-order valence-electron chi connectivity index (χ4n) is 2.04. The second-order valence-corrected chi connectivity index (χ2v) is 4.56. The van der Waals surface area contributed by atoms with Gasteiger partial charge in [-0.2, -0.15) is 0 Å². The third-order valence-corrected chi connectivity index (χ3v) is 3.08. The highest BCUT2D eigenvalue weighted by Gasteiger charge is 2.35. The first-order valence-corrected chi connectivity index (χ1v) is 5.97. The molecular formula is C15H14N2O. The number of ether oxygens (including phenoxy) is 1. The first kappa shape index (κ1) is 11.0. The van der Waals surface area contributed by atoms with Crippen molar-refractivity contribution in [1.29, 1.82) is 0 Å². The monoisotopic (exact) mass is 238 g/mol. The molecule has 0 N–H and O–H groups in total. The van der Waals surface area contributed by atoms with Crippen molar-refractivity contribution < 1.29 is 4.74 Å². The largest absolute Gasteiger partial charge is 0.474 e. The molecule has 0 saturated heterocycles. The van der Waals surface area contributed by atoms with Crippen molar-refractivity contribution in [3.63, 3.8) is 0 Å². The van der Waals surface area contributed by atoms with E-state index < -0.39 is 0 Å². The minimum Gasteiger partial charge on any atom is -0.474 e. The van der Waals surface area contributed by atoms with Crippen LogP contribution in [0.15, 0.2) is 59.7 Å². The van der Waals surface area contributed by atoms with Crippen LogP contribution in [0.25, 0.3) is 0 Å². The lowest BCUT2D eigenvalue weighted by atomic mass is 10.00. The number of hydrogen-bond acceptors (Lipinski definition) is 3. The average Bonchev–Trinajstić information content (AvgIpc) is 2.85. The van der Waals surface area contributed by atoms with E-state index in [0.717, 1.165) is 11.3 Å². The van der Waals surface area contributed by atoms with Crippen LogP contribution in [0.5, 0.6) is 0 Å². The summed E-state index contributed by atoms with van der Waals surface area (Å²) in [6.45, 7) is 2.58. The second kappa shape index (κ2) is 4.26. The van der Waals surface area contributed by atoms with Crippen molar-refractivity contribution in [3.05, 3.63) is 66.0 Å². The third kappa shape index (κ3) is 1.88. The molecule has 0 radical (unpaired) electrons. The van der Waals surface area contributed by atoms with Gasteiger partial charge in [0.1, 0.15) is 12.1 Å². The van der Waals surface area contributed by atoms with Crippen molar-refractivity contribution in [1.82, 2.24) is 4.98 Å². The Kier molecular flexibility index (Phi) is 2.59. The number of aromatic nitrogens is 1. The summed E-state index contributed by atoms with van der Waals surface area (Å²) in [6, 6.07) is 15.8. The molecule has 1 aromatic heterocycles. The van der Waals surface area contributed by atoms with Gasteiger partial charge in [-0.1, -0.05) is 24.3 Å². The Morgan fingerprint density at radius 2 is 1.83 bits per heavy atom. The summed E-state index contributed by atoms with van der Waals surface area (Å²) >= 11 is 0. The van der Waals surface area contributed by atoms with Crippen LogP contribution >= 0.6 is 0 Å². The second-order valence-electron chi connectivity index (χ2n) is 4.56. The first-order valence-electron chi connectivity index (χ1n) is 5.97. The molecule has 18 heavy (non-hydrogen) atoms. The molecule has 0 bridgehead atoms. The average molecular weight is 238 g/mol. The van der Waals surface area contributed by atoms with Crippen LogP contribution in [0.3, 0.4) is 0 Å². The van der Waals surface area contributed by atoms with E-state index >= 15 is 0 Å². The zero-order valence-corrected chi connectivity index (χ0v) is 10.2. The van der Waals surface area contributed by atoms with Gasteiger partial charge in [0.05, 0.1) is 5.69 Å². The van der Waals surface area contributed by atoms with Gasteiger partial charge in [0.25, 0.3) is 0 Å². The molecule has 1 aliphatic heterocycles. The topological polar surface area (TPSA) is 34.5 Å². The van der Waals surface area contributed by atoms with E-state index in [1.54, 1.807) is 6.20 Å². The smallest absolute Gasteiger partial charge is 0.217 e. The predicted molar refractivity (Wildman–Crippen MR) is 70.5 cm³/mol. The van der Waals surface area contributed by atoms with Gasteiger partial charge in [-0.15, -0.1) is 0 Å². The molecule has 3 heteroatoms. The maximum atomic E-state index is 5.72. The molecule has 0 amide bonds. The van der Waals surface area contributed by atoms with Gasteiger partial charge >= 0.3 is 0 Å². The van der Waals surface area contributed by atoms with Crippen molar-refractivity contribution in [2.45, 2.75) is 12.5 Å². The Morgan fingerprint density at radius 3 is 2.56 bits per heavy atom. The summed E-state index contributed by atoms with van der Waals surface area (Å²) in [6.07, 6.45) is 1.79.